The van der Waals surface area contributed by atoms with Gasteiger partial charge in [-0.2, -0.15) is 0 Å². The number of carbonyl (C=O) groups excluding carboxylic acids is 1. The molecule has 1 aromatic heterocycles. The minimum atomic E-state index is -0.653. The van der Waals surface area contributed by atoms with Gasteiger partial charge in [-0.15, -0.1) is 0 Å². The molecular weight excluding hydrogens is 384 g/mol. The summed E-state index contributed by atoms with van der Waals surface area (Å²) in [6.07, 6.45) is 0. The zero-order valence-corrected chi connectivity index (χ0v) is 14.7. The van der Waals surface area contributed by atoms with Crippen LogP contribution in [-0.2, 0) is 0 Å². The van der Waals surface area contributed by atoms with Crippen LogP contribution in [0, 0.1) is 15.9 Å². The van der Waals surface area contributed by atoms with Gasteiger partial charge in [0.15, 0.2) is 11.3 Å². The maximum absolute atomic E-state index is 14.1. The van der Waals surface area contributed by atoms with Gasteiger partial charge in [0.2, 0.25) is 0 Å². The van der Waals surface area contributed by atoms with Crippen molar-refractivity contribution in [2.45, 2.75) is 6.92 Å². The summed E-state index contributed by atoms with van der Waals surface area (Å²) >= 11 is 11.6. The van der Waals surface area contributed by atoms with Gasteiger partial charge in [-0.25, -0.2) is 9.37 Å². The third-order valence-electron chi connectivity index (χ3n) is 3.62. The number of aromatic nitrogens is 1. The van der Waals surface area contributed by atoms with Gasteiger partial charge in [-0.05, 0) is 37.3 Å². The van der Waals surface area contributed by atoms with Crippen molar-refractivity contribution in [3.63, 3.8) is 0 Å². The number of hydrogen-bond donors (Lipinski definition) is 1. The van der Waals surface area contributed by atoms with Crippen LogP contribution in [0.5, 0.6) is 0 Å². The third kappa shape index (κ3) is 3.44. The summed E-state index contributed by atoms with van der Waals surface area (Å²) in [6.45, 7) is 1.31. The molecule has 0 aliphatic rings. The van der Waals surface area contributed by atoms with Gasteiger partial charge in [-0.3, -0.25) is 14.9 Å². The number of anilines is 2. The highest BCUT2D eigenvalue weighted by atomic mass is 35.5. The first-order chi connectivity index (χ1) is 12.3. The van der Waals surface area contributed by atoms with E-state index >= 15 is 0 Å². The number of benzene rings is 2. The number of carbonyl (C=O) groups is 1. The summed E-state index contributed by atoms with van der Waals surface area (Å²) in [5.41, 5.74) is -0.118. The number of non-ortho nitro benzene ring substituents is 1. The number of nitro benzene ring substituents is 1. The first kappa shape index (κ1) is 18.0. The van der Waals surface area contributed by atoms with Gasteiger partial charge in [-0.1, -0.05) is 23.2 Å². The number of rotatable bonds is 4. The van der Waals surface area contributed by atoms with Crippen LogP contribution in [0.3, 0.4) is 0 Å². The number of hydrogen-bond acceptors (Lipinski definition) is 5. The number of pyridine rings is 1. The number of fused-ring (bicyclic) bond motifs is 1. The van der Waals surface area contributed by atoms with Crippen LogP contribution in [0.1, 0.15) is 17.3 Å². The standard InChI is InChI=1S/C17H10Cl2FN3O3/c1-8(24)12-5-9-4-11(19)7-15(23(25)26)16(9)22-17(12)21-14-3-2-10(18)6-13(14)20/h2-7H,1H3,(H,21,22). The molecule has 0 amide bonds. The number of nitrogens with zero attached hydrogens (tertiary/aromatic N) is 2. The molecule has 0 aliphatic heterocycles. The molecule has 0 spiro atoms. The molecule has 3 rings (SSSR count). The maximum atomic E-state index is 14.1. The monoisotopic (exact) mass is 393 g/mol. The molecule has 0 aliphatic carbocycles. The first-order valence-corrected chi connectivity index (χ1v) is 8.03. The molecule has 0 atom stereocenters. The zero-order chi connectivity index (χ0) is 19.0. The lowest BCUT2D eigenvalue weighted by Crippen LogP contribution is -2.05. The molecule has 1 heterocycles. The van der Waals surface area contributed by atoms with Crippen LogP contribution in [0.2, 0.25) is 10.0 Å². The van der Waals surface area contributed by atoms with Crippen LogP contribution in [0.15, 0.2) is 36.4 Å². The smallest absolute Gasteiger partial charge is 0.297 e. The van der Waals surface area contributed by atoms with Crippen molar-refractivity contribution in [3.05, 3.63) is 67.9 Å². The van der Waals surface area contributed by atoms with Crippen molar-refractivity contribution in [3.8, 4) is 0 Å². The molecule has 0 saturated carbocycles. The zero-order valence-electron chi connectivity index (χ0n) is 13.2. The van der Waals surface area contributed by atoms with E-state index in [0.717, 1.165) is 12.1 Å². The fraction of sp³-hybridized carbons (Fsp3) is 0.0588. The molecule has 0 radical (unpaired) electrons. The average Bonchev–Trinajstić information content (AvgIpc) is 2.56. The molecular formula is C17H10Cl2FN3O3. The summed E-state index contributed by atoms with van der Waals surface area (Å²) in [7, 11) is 0. The summed E-state index contributed by atoms with van der Waals surface area (Å²) in [5, 5.41) is 14.7. The maximum Gasteiger partial charge on any atom is 0.297 e. The second kappa shape index (κ2) is 6.86. The van der Waals surface area contributed by atoms with Crippen LogP contribution in [0.4, 0.5) is 21.6 Å². The van der Waals surface area contributed by atoms with Crippen LogP contribution < -0.4 is 5.32 Å². The molecule has 9 heteroatoms. The van der Waals surface area contributed by atoms with Crippen molar-refractivity contribution in [1.82, 2.24) is 4.98 Å². The number of ketones is 1. The van der Waals surface area contributed by atoms with Crippen molar-refractivity contribution in [2.24, 2.45) is 0 Å². The normalized spacial score (nSPS) is 10.8. The Balaban J connectivity index is 2.24. The Morgan fingerprint density at radius 3 is 2.54 bits per heavy atom. The van der Waals surface area contributed by atoms with Gasteiger partial charge in [0.1, 0.15) is 11.6 Å². The lowest BCUT2D eigenvalue weighted by molar-refractivity contribution is -0.383. The van der Waals surface area contributed by atoms with E-state index < -0.39 is 10.7 Å². The van der Waals surface area contributed by atoms with Gasteiger partial charge < -0.3 is 5.32 Å². The van der Waals surface area contributed by atoms with E-state index in [4.69, 9.17) is 23.2 Å². The Morgan fingerprint density at radius 1 is 1.19 bits per heavy atom. The summed E-state index contributed by atoms with van der Waals surface area (Å²) in [6, 6.07) is 8.00. The summed E-state index contributed by atoms with van der Waals surface area (Å²) in [5.74, 6) is -1.00. The number of halogens is 3. The fourth-order valence-electron chi connectivity index (χ4n) is 2.45. The number of nitrogens with one attached hydrogen (secondary N) is 1. The minimum Gasteiger partial charge on any atom is -0.337 e. The van der Waals surface area contributed by atoms with Gasteiger partial charge in [0, 0.05) is 21.5 Å². The van der Waals surface area contributed by atoms with E-state index in [9.17, 15) is 19.3 Å². The predicted octanol–water partition coefficient (Wildman–Crippen LogP) is 5.54. The Kier molecular flexibility index (Phi) is 4.76. The van der Waals surface area contributed by atoms with E-state index in [-0.39, 0.29) is 44.1 Å². The second-order valence-electron chi connectivity index (χ2n) is 5.44. The fourth-order valence-corrected chi connectivity index (χ4v) is 2.83. The van der Waals surface area contributed by atoms with Crippen LogP contribution in [0.25, 0.3) is 10.9 Å². The van der Waals surface area contributed by atoms with E-state index in [2.05, 4.69) is 10.3 Å². The quantitative estimate of drug-likeness (QED) is 0.357. The first-order valence-electron chi connectivity index (χ1n) is 7.28. The topological polar surface area (TPSA) is 85.1 Å². The van der Waals surface area contributed by atoms with E-state index in [1.165, 1.54) is 31.2 Å². The van der Waals surface area contributed by atoms with Crippen molar-refractivity contribution < 1.29 is 14.1 Å². The van der Waals surface area contributed by atoms with Gasteiger partial charge in [0.25, 0.3) is 5.69 Å². The number of Topliss-reactive ketones (excluding diaryl/α,β-unsaturated/α-hetero) is 1. The highest BCUT2D eigenvalue weighted by Gasteiger charge is 2.20. The summed E-state index contributed by atoms with van der Waals surface area (Å²) in [4.78, 5) is 26.8. The molecule has 132 valence electrons. The van der Waals surface area contributed by atoms with Crippen molar-refractivity contribution in [2.75, 3.05) is 5.32 Å². The van der Waals surface area contributed by atoms with E-state index in [0.29, 0.717) is 5.39 Å². The Morgan fingerprint density at radius 2 is 1.92 bits per heavy atom. The minimum absolute atomic E-state index is 0.00311. The molecule has 0 saturated heterocycles. The molecule has 1 N–H and O–H groups in total. The Hall–Kier alpha value is -2.77. The Bertz CT molecular complexity index is 1070. The van der Waals surface area contributed by atoms with Crippen LogP contribution in [-0.4, -0.2) is 15.7 Å². The molecule has 0 unspecified atom stereocenters. The summed E-state index contributed by atoms with van der Waals surface area (Å²) < 4.78 is 14.1. The van der Waals surface area contributed by atoms with Crippen molar-refractivity contribution >= 4 is 57.1 Å². The highest BCUT2D eigenvalue weighted by molar-refractivity contribution is 6.32. The molecule has 0 fully saturated rings. The molecule has 0 bridgehead atoms. The molecule has 26 heavy (non-hydrogen) atoms. The van der Waals surface area contributed by atoms with E-state index in [1.54, 1.807) is 0 Å². The SMILES string of the molecule is CC(=O)c1cc2cc(Cl)cc([N+](=O)[O-])c2nc1Nc1ccc(Cl)cc1F. The second-order valence-corrected chi connectivity index (χ2v) is 6.32. The molecule has 3 aromatic rings. The largest absolute Gasteiger partial charge is 0.337 e. The molecule has 2 aromatic carbocycles. The van der Waals surface area contributed by atoms with Gasteiger partial charge in [0.05, 0.1) is 16.2 Å². The third-order valence-corrected chi connectivity index (χ3v) is 4.08. The predicted molar refractivity (Wildman–Crippen MR) is 98.1 cm³/mol. The van der Waals surface area contributed by atoms with Crippen molar-refractivity contribution in [1.29, 1.82) is 0 Å². The van der Waals surface area contributed by atoms with Crippen LogP contribution >= 0.6 is 23.2 Å². The van der Waals surface area contributed by atoms with Gasteiger partial charge >= 0.3 is 0 Å². The highest BCUT2D eigenvalue weighted by Crippen LogP contribution is 2.33. The molecule has 6 nitrogen and oxygen atoms in total. The Labute approximate surface area is 156 Å². The lowest BCUT2D eigenvalue weighted by atomic mass is 10.1. The average molecular weight is 394 g/mol. The lowest BCUT2D eigenvalue weighted by Gasteiger charge is -2.12. The van der Waals surface area contributed by atoms with E-state index in [1.807, 2.05) is 0 Å². The number of nitro groups is 1.